The van der Waals surface area contributed by atoms with Gasteiger partial charge in [0.05, 0.1) is 24.1 Å². The Morgan fingerprint density at radius 1 is 1.02 bits per heavy atom. The van der Waals surface area contributed by atoms with Gasteiger partial charge in [0.25, 0.3) is 0 Å². The number of carbonyl (C=O) groups is 1. The fourth-order valence-electron chi connectivity index (χ4n) is 8.87. The molecule has 0 bridgehead atoms. The number of aliphatic hydroxyl groups excluding tert-OH is 1. The number of anilines is 2. The first-order chi connectivity index (χ1) is 26.2. The van der Waals surface area contributed by atoms with E-state index in [2.05, 4.69) is 69.1 Å². The van der Waals surface area contributed by atoms with Gasteiger partial charge in [-0.15, -0.1) is 0 Å². The number of rotatable bonds is 8. The number of primary amides is 1. The molecule has 3 aromatic carbocycles. The van der Waals surface area contributed by atoms with E-state index in [0.29, 0.717) is 41.6 Å². The van der Waals surface area contributed by atoms with Crippen LogP contribution in [0.1, 0.15) is 53.1 Å². The molecule has 9 rings (SSSR count). The second-order valence-corrected chi connectivity index (χ2v) is 15.0. The number of nitrogens with zero attached hydrogens (tertiary/aromatic N) is 6. The molecule has 4 N–H and O–H groups in total. The van der Waals surface area contributed by atoms with Crippen LogP contribution in [0, 0.1) is 26.3 Å². The van der Waals surface area contributed by atoms with Gasteiger partial charge in [0, 0.05) is 61.3 Å². The smallest absolute Gasteiger partial charge is 0.234 e. The van der Waals surface area contributed by atoms with Crippen LogP contribution in [0.2, 0.25) is 0 Å². The molecule has 0 spiro atoms. The van der Waals surface area contributed by atoms with Crippen molar-refractivity contribution in [2.75, 3.05) is 31.5 Å². The van der Waals surface area contributed by atoms with E-state index in [1.54, 1.807) is 0 Å². The molecule has 3 atom stereocenters. The summed E-state index contributed by atoms with van der Waals surface area (Å²) in [5.74, 6) is 0.807. The number of hydrogen-bond acceptors (Lipinski definition) is 9. The number of amides is 1. The quantitative estimate of drug-likeness (QED) is 0.138. The highest BCUT2D eigenvalue weighted by Crippen LogP contribution is 2.47. The summed E-state index contributed by atoms with van der Waals surface area (Å²) < 4.78 is 6.47. The number of aliphatic hydroxyl groups is 1. The number of pyridine rings is 2. The van der Waals surface area contributed by atoms with Crippen molar-refractivity contribution < 1.29 is 14.3 Å². The van der Waals surface area contributed by atoms with Crippen molar-refractivity contribution >= 4 is 45.1 Å². The molecule has 0 saturated carbocycles. The van der Waals surface area contributed by atoms with Crippen LogP contribution < -0.4 is 11.1 Å². The zero-order valence-electron chi connectivity index (χ0n) is 30.5. The Balaban J connectivity index is 1.01. The molecule has 1 amide bonds. The highest BCUT2D eigenvalue weighted by Gasteiger charge is 2.37. The average Bonchev–Trinajstić information content (AvgIpc) is 3.99. The first-order valence-electron chi connectivity index (χ1n) is 18.7. The van der Waals surface area contributed by atoms with Crippen LogP contribution in [0.5, 0.6) is 0 Å². The number of fused-ring (bicyclic) bond motifs is 3. The van der Waals surface area contributed by atoms with E-state index in [4.69, 9.17) is 26.7 Å². The summed E-state index contributed by atoms with van der Waals surface area (Å²) in [5, 5.41) is 14.5. The fourth-order valence-corrected chi connectivity index (χ4v) is 8.87. The molecular weight excluding hydrogens is 677 g/mol. The minimum Gasteiger partial charge on any atom is -0.448 e. The Morgan fingerprint density at radius 3 is 2.61 bits per heavy atom. The topological polar surface area (TPSA) is 138 Å². The molecule has 3 aliphatic rings. The summed E-state index contributed by atoms with van der Waals surface area (Å²) in [5.41, 5.74) is 17.5. The zero-order chi connectivity index (χ0) is 37.1. The summed E-state index contributed by atoms with van der Waals surface area (Å²) in [6, 6.07) is 18.8. The lowest BCUT2D eigenvalue weighted by Gasteiger charge is -2.24. The van der Waals surface area contributed by atoms with Gasteiger partial charge in [-0.3, -0.25) is 19.6 Å². The van der Waals surface area contributed by atoms with Gasteiger partial charge >= 0.3 is 0 Å². The molecule has 2 fully saturated rings. The second-order valence-electron chi connectivity index (χ2n) is 15.0. The van der Waals surface area contributed by atoms with Gasteiger partial charge < -0.3 is 20.6 Å². The zero-order valence-corrected chi connectivity index (χ0v) is 30.5. The molecular formula is C43H42N8O3. The van der Waals surface area contributed by atoms with Crippen molar-refractivity contribution in [2.45, 2.75) is 58.2 Å². The van der Waals surface area contributed by atoms with Gasteiger partial charge in [-0.2, -0.15) is 0 Å². The normalized spacial score (nSPS) is 20.1. The first-order valence-corrected chi connectivity index (χ1v) is 18.7. The molecule has 6 aromatic rings. The molecule has 0 radical (unpaired) electrons. The van der Waals surface area contributed by atoms with Crippen LogP contribution in [-0.4, -0.2) is 68.0 Å². The standard InChI is InChI=1S/C43H42N8O3/c1-24-30(31-7-5-9-35(25(31)2)48-42-38-27(12-15-46-42)18-26(20-47-38)21-50-16-14-29(52)23-50)6-4-8-32(24)43-49-36-19-34-33(39(45-3)40(36)54-43)10-11-37(34)51-17-13-28(22-51)41(44)53/h4-9,12,15,18-20,28-29,37,52H,10-11,13-14,16-17,21-23H2,1-2H3,(H2,44,53)(H,46,48)/t28-,29-,37?/m1/s1. The Kier molecular flexibility index (Phi) is 8.61. The highest BCUT2D eigenvalue weighted by molar-refractivity contribution is 5.94. The number of nitrogens with one attached hydrogen (secondary N) is 1. The molecule has 1 aliphatic carbocycles. The van der Waals surface area contributed by atoms with E-state index in [9.17, 15) is 9.90 Å². The summed E-state index contributed by atoms with van der Waals surface area (Å²) in [6.45, 7) is 16.1. The molecule has 1 unspecified atom stereocenters. The Morgan fingerprint density at radius 2 is 1.83 bits per heavy atom. The van der Waals surface area contributed by atoms with E-state index in [1.165, 1.54) is 0 Å². The number of hydrogen-bond donors (Lipinski definition) is 3. The Labute approximate surface area is 313 Å². The lowest BCUT2D eigenvalue weighted by Crippen LogP contribution is -2.29. The Hall–Kier alpha value is -5.67. The largest absolute Gasteiger partial charge is 0.448 e. The predicted octanol–water partition coefficient (Wildman–Crippen LogP) is 7.38. The third kappa shape index (κ3) is 5.97. The number of oxazole rings is 1. The minimum atomic E-state index is -0.250. The lowest BCUT2D eigenvalue weighted by molar-refractivity contribution is -0.121. The van der Waals surface area contributed by atoms with Crippen molar-refractivity contribution in [2.24, 2.45) is 11.7 Å². The SMILES string of the molecule is [C-]#[N+]c1c2c(cc3nc(-c4cccc(-c5cccc(Nc6nccc7cc(CN8CC[C@@H](O)C8)cnc67)c5C)c4C)oc13)C(N1CC[C@@H](C(N)=O)C1)CC2. The second kappa shape index (κ2) is 13.6. The fraction of sp³-hybridized carbons (Fsp3) is 0.326. The van der Waals surface area contributed by atoms with E-state index in [-0.39, 0.29) is 24.0 Å². The van der Waals surface area contributed by atoms with Crippen LogP contribution >= 0.6 is 0 Å². The van der Waals surface area contributed by atoms with Gasteiger partial charge in [-0.25, -0.2) is 14.8 Å². The van der Waals surface area contributed by atoms with Crippen LogP contribution in [0.4, 0.5) is 17.2 Å². The lowest BCUT2D eigenvalue weighted by atomic mass is 9.93. The molecule has 11 heteroatoms. The van der Waals surface area contributed by atoms with Gasteiger partial charge in [0.15, 0.2) is 11.4 Å². The minimum absolute atomic E-state index is 0.130. The molecule has 5 heterocycles. The average molecular weight is 719 g/mol. The number of likely N-dealkylation sites (tertiary alicyclic amines) is 2. The van der Waals surface area contributed by atoms with Crippen LogP contribution in [-0.2, 0) is 17.8 Å². The predicted molar refractivity (Wildman–Crippen MR) is 209 cm³/mol. The summed E-state index contributed by atoms with van der Waals surface area (Å²) in [6.07, 6.45) is 6.73. The molecule has 11 nitrogen and oxygen atoms in total. The van der Waals surface area contributed by atoms with E-state index in [0.717, 1.165) is 106 Å². The van der Waals surface area contributed by atoms with E-state index >= 15 is 0 Å². The van der Waals surface area contributed by atoms with Gasteiger partial charge in [0.2, 0.25) is 17.5 Å². The third-order valence-corrected chi connectivity index (χ3v) is 11.7. The highest BCUT2D eigenvalue weighted by atomic mass is 16.3. The first kappa shape index (κ1) is 34.1. The van der Waals surface area contributed by atoms with Crippen molar-refractivity contribution in [1.29, 1.82) is 0 Å². The number of β-amino-alcohol motifs (C(OH)–C–C–N with tert-alkyl or cyclic N) is 1. The van der Waals surface area contributed by atoms with Crippen LogP contribution in [0.15, 0.2) is 71.4 Å². The summed E-state index contributed by atoms with van der Waals surface area (Å²) in [4.78, 5) is 34.9. The third-order valence-electron chi connectivity index (χ3n) is 11.7. The van der Waals surface area contributed by atoms with Crippen molar-refractivity contribution in [3.63, 3.8) is 0 Å². The van der Waals surface area contributed by atoms with Crippen molar-refractivity contribution in [1.82, 2.24) is 24.8 Å². The van der Waals surface area contributed by atoms with Crippen LogP contribution in [0.25, 0.3) is 49.4 Å². The molecule has 2 saturated heterocycles. The van der Waals surface area contributed by atoms with Gasteiger partial charge in [-0.1, -0.05) is 24.3 Å². The molecule has 54 heavy (non-hydrogen) atoms. The van der Waals surface area contributed by atoms with Gasteiger partial charge in [-0.05, 0) is 115 Å². The van der Waals surface area contributed by atoms with Crippen LogP contribution in [0.3, 0.4) is 0 Å². The maximum atomic E-state index is 11.9. The molecule has 2 aliphatic heterocycles. The van der Waals surface area contributed by atoms with E-state index in [1.807, 2.05) is 36.7 Å². The molecule has 3 aromatic heterocycles. The van der Waals surface area contributed by atoms with E-state index < -0.39 is 0 Å². The number of nitrogens with two attached hydrogens (primary N) is 1. The molecule has 272 valence electrons. The summed E-state index contributed by atoms with van der Waals surface area (Å²) in [7, 11) is 0. The van der Waals surface area contributed by atoms with Crippen molar-refractivity contribution in [3.8, 4) is 22.6 Å². The number of aromatic nitrogens is 3. The number of carbonyl (C=O) groups excluding carboxylic acids is 1. The monoisotopic (exact) mass is 718 g/mol. The maximum Gasteiger partial charge on any atom is 0.234 e. The summed E-state index contributed by atoms with van der Waals surface area (Å²) >= 11 is 0. The van der Waals surface area contributed by atoms with Crippen molar-refractivity contribution in [3.05, 3.63) is 106 Å². The maximum absolute atomic E-state index is 11.9. The number of benzene rings is 3. The van der Waals surface area contributed by atoms with Gasteiger partial charge in [0.1, 0.15) is 5.52 Å². The Bertz CT molecular complexity index is 2500.